The van der Waals surface area contributed by atoms with E-state index in [9.17, 15) is 4.79 Å². The summed E-state index contributed by atoms with van der Waals surface area (Å²) >= 11 is 0. The van der Waals surface area contributed by atoms with E-state index in [0.717, 1.165) is 25.2 Å². The standard InChI is InChI=1S/C19H24O/c1-2-17-8-15-9-18(11-17,14-20)13-19(10-15,12-17)16-6-4-3-5-7-16/h3-7,14-15H,2,8-13H2,1H3. The highest BCUT2D eigenvalue weighted by Gasteiger charge is 2.62. The van der Waals surface area contributed by atoms with Gasteiger partial charge in [0.2, 0.25) is 0 Å². The number of hydrogen-bond donors (Lipinski definition) is 0. The molecule has 1 heteroatoms. The minimum absolute atomic E-state index is 0.00866. The van der Waals surface area contributed by atoms with Crippen molar-refractivity contribution in [2.75, 3.05) is 0 Å². The number of benzene rings is 1. The molecule has 0 heterocycles. The molecule has 1 nitrogen and oxygen atoms in total. The van der Waals surface area contributed by atoms with Crippen molar-refractivity contribution in [1.29, 1.82) is 0 Å². The topological polar surface area (TPSA) is 17.1 Å². The summed E-state index contributed by atoms with van der Waals surface area (Å²) in [5.74, 6) is 0.775. The normalized spacial score (nSPS) is 45.5. The van der Waals surface area contributed by atoms with Gasteiger partial charge in [0.15, 0.2) is 0 Å². The zero-order valence-corrected chi connectivity index (χ0v) is 12.4. The van der Waals surface area contributed by atoms with Crippen molar-refractivity contribution in [3.8, 4) is 0 Å². The van der Waals surface area contributed by atoms with Crippen LogP contribution in [0.15, 0.2) is 30.3 Å². The average molecular weight is 268 g/mol. The zero-order valence-electron chi connectivity index (χ0n) is 12.4. The van der Waals surface area contributed by atoms with Crippen LogP contribution in [0.4, 0.5) is 0 Å². The highest BCUT2D eigenvalue weighted by molar-refractivity contribution is 5.62. The van der Waals surface area contributed by atoms with Crippen LogP contribution in [0.5, 0.6) is 0 Å². The summed E-state index contributed by atoms with van der Waals surface area (Å²) in [6.45, 7) is 2.34. The van der Waals surface area contributed by atoms with Crippen LogP contribution in [-0.4, -0.2) is 6.29 Å². The summed E-state index contributed by atoms with van der Waals surface area (Å²) < 4.78 is 0. The maximum absolute atomic E-state index is 11.9. The van der Waals surface area contributed by atoms with Gasteiger partial charge in [-0.25, -0.2) is 0 Å². The summed E-state index contributed by atoms with van der Waals surface area (Å²) in [6, 6.07) is 11.0. The monoisotopic (exact) mass is 268 g/mol. The van der Waals surface area contributed by atoms with Gasteiger partial charge < -0.3 is 4.79 Å². The summed E-state index contributed by atoms with van der Waals surface area (Å²) in [7, 11) is 0. The van der Waals surface area contributed by atoms with Crippen LogP contribution in [0.1, 0.15) is 57.4 Å². The van der Waals surface area contributed by atoms with Crippen molar-refractivity contribution in [3.63, 3.8) is 0 Å². The lowest BCUT2D eigenvalue weighted by Gasteiger charge is -2.65. The summed E-state index contributed by atoms with van der Waals surface area (Å²) in [4.78, 5) is 11.9. The largest absolute Gasteiger partial charge is 0.303 e. The Kier molecular flexibility index (Phi) is 2.50. The molecule has 4 bridgehead atoms. The van der Waals surface area contributed by atoms with Gasteiger partial charge in [-0.15, -0.1) is 0 Å². The predicted molar refractivity (Wildman–Crippen MR) is 80.5 cm³/mol. The van der Waals surface area contributed by atoms with Gasteiger partial charge in [-0.2, -0.15) is 0 Å². The van der Waals surface area contributed by atoms with E-state index in [1.807, 2.05) is 0 Å². The van der Waals surface area contributed by atoms with Crippen LogP contribution in [-0.2, 0) is 10.2 Å². The third-order valence-corrected chi connectivity index (χ3v) is 6.61. The van der Waals surface area contributed by atoms with E-state index in [1.165, 1.54) is 37.5 Å². The molecule has 4 aliphatic rings. The van der Waals surface area contributed by atoms with Crippen LogP contribution >= 0.6 is 0 Å². The lowest BCUT2D eigenvalue weighted by Crippen LogP contribution is -2.59. The Morgan fingerprint density at radius 1 is 1.10 bits per heavy atom. The van der Waals surface area contributed by atoms with Crippen molar-refractivity contribution >= 4 is 6.29 Å². The van der Waals surface area contributed by atoms with Crippen molar-refractivity contribution in [1.82, 2.24) is 0 Å². The van der Waals surface area contributed by atoms with Gasteiger partial charge in [-0.3, -0.25) is 0 Å². The quantitative estimate of drug-likeness (QED) is 0.737. The number of carbonyl (C=O) groups is 1. The molecule has 4 fully saturated rings. The molecule has 0 amide bonds. The Hall–Kier alpha value is -1.11. The molecule has 20 heavy (non-hydrogen) atoms. The second kappa shape index (κ2) is 3.96. The summed E-state index contributed by atoms with van der Waals surface area (Å²) in [5, 5.41) is 0. The number of aldehydes is 1. The Morgan fingerprint density at radius 3 is 2.60 bits per heavy atom. The van der Waals surface area contributed by atoms with Crippen LogP contribution in [0.25, 0.3) is 0 Å². The maximum Gasteiger partial charge on any atom is 0.126 e. The van der Waals surface area contributed by atoms with Crippen molar-refractivity contribution in [3.05, 3.63) is 35.9 Å². The third kappa shape index (κ3) is 1.58. The predicted octanol–water partition coefficient (Wildman–Crippen LogP) is 4.50. The van der Waals surface area contributed by atoms with E-state index in [4.69, 9.17) is 0 Å². The van der Waals surface area contributed by atoms with E-state index < -0.39 is 0 Å². The number of carbonyl (C=O) groups excluding carboxylic acids is 1. The Bertz CT molecular complexity index is 536. The molecule has 5 rings (SSSR count). The van der Waals surface area contributed by atoms with Gasteiger partial charge in [-0.05, 0) is 60.8 Å². The fourth-order valence-corrected chi connectivity index (χ4v) is 6.35. The first-order valence-electron chi connectivity index (χ1n) is 8.15. The molecule has 0 aliphatic heterocycles. The van der Waals surface area contributed by atoms with Crippen LogP contribution < -0.4 is 0 Å². The first kappa shape index (κ1) is 12.6. The Balaban J connectivity index is 1.84. The molecule has 4 unspecified atom stereocenters. The molecule has 0 radical (unpaired) electrons. The molecular weight excluding hydrogens is 244 g/mol. The van der Waals surface area contributed by atoms with Crippen LogP contribution in [0.3, 0.4) is 0 Å². The molecule has 106 valence electrons. The van der Waals surface area contributed by atoms with Gasteiger partial charge in [0.25, 0.3) is 0 Å². The molecule has 0 saturated heterocycles. The van der Waals surface area contributed by atoms with Crippen LogP contribution in [0.2, 0.25) is 0 Å². The Morgan fingerprint density at radius 2 is 1.90 bits per heavy atom. The minimum Gasteiger partial charge on any atom is -0.303 e. The third-order valence-electron chi connectivity index (χ3n) is 6.61. The molecule has 0 spiro atoms. The van der Waals surface area contributed by atoms with E-state index >= 15 is 0 Å². The van der Waals surface area contributed by atoms with Gasteiger partial charge in [0.1, 0.15) is 6.29 Å². The summed E-state index contributed by atoms with van der Waals surface area (Å²) in [6.07, 6.45) is 9.99. The number of rotatable bonds is 3. The molecule has 0 N–H and O–H groups in total. The molecule has 1 aromatic carbocycles. The van der Waals surface area contributed by atoms with Gasteiger partial charge in [0, 0.05) is 5.41 Å². The molecule has 4 aliphatic carbocycles. The second-order valence-corrected chi connectivity index (χ2v) is 7.99. The van der Waals surface area contributed by atoms with Crippen LogP contribution in [0, 0.1) is 16.7 Å². The fraction of sp³-hybridized carbons (Fsp3) is 0.632. The first-order chi connectivity index (χ1) is 9.63. The van der Waals surface area contributed by atoms with E-state index in [1.54, 1.807) is 0 Å². The average Bonchev–Trinajstić information content (AvgIpc) is 2.47. The van der Waals surface area contributed by atoms with Gasteiger partial charge >= 0.3 is 0 Å². The fourth-order valence-electron chi connectivity index (χ4n) is 6.35. The SMILES string of the molecule is CCC12CC3CC(C=O)(C1)CC(c1ccccc1)(C3)C2. The van der Waals surface area contributed by atoms with Crippen molar-refractivity contribution in [2.45, 2.75) is 57.3 Å². The molecule has 1 aromatic rings. The number of hydrogen-bond acceptors (Lipinski definition) is 1. The van der Waals surface area contributed by atoms with Gasteiger partial charge in [0.05, 0.1) is 0 Å². The molecule has 0 aromatic heterocycles. The van der Waals surface area contributed by atoms with E-state index in [-0.39, 0.29) is 10.8 Å². The van der Waals surface area contributed by atoms with E-state index in [2.05, 4.69) is 37.3 Å². The lowest BCUT2D eigenvalue weighted by atomic mass is 9.38. The molecular formula is C19H24O. The second-order valence-electron chi connectivity index (χ2n) is 7.99. The summed E-state index contributed by atoms with van der Waals surface area (Å²) in [5.41, 5.74) is 2.21. The molecule has 4 saturated carbocycles. The lowest BCUT2D eigenvalue weighted by molar-refractivity contribution is -0.149. The smallest absolute Gasteiger partial charge is 0.126 e. The minimum atomic E-state index is -0.00866. The van der Waals surface area contributed by atoms with Gasteiger partial charge in [-0.1, -0.05) is 43.7 Å². The van der Waals surface area contributed by atoms with E-state index in [0.29, 0.717) is 5.41 Å². The molecule has 4 atom stereocenters. The van der Waals surface area contributed by atoms with Crippen molar-refractivity contribution < 1.29 is 4.79 Å². The van der Waals surface area contributed by atoms with Crippen molar-refractivity contribution in [2.24, 2.45) is 16.7 Å². The maximum atomic E-state index is 11.9. The Labute approximate surface area is 121 Å². The first-order valence-corrected chi connectivity index (χ1v) is 8.15. The highest BCUT2D eigenvalue weighted by Crippen LogP contribution is 2.70. The zero-order chi connectivity index (χ0) is 13.8. The highest BCUT2D eigenvalue weighted by atomic mass is 16.1.